The fraction of sp³-hybridized carbons (Fsp3) is 0.318. The van der Waals surface area contributed by atoms with E-state index in [9.17, 15) is 4.79 Å². The molecule has 1 aliphatic heterocycles. The van der Waals surface area contributed by atoms with Crippen LogP contribution in [0.15, 0.2) is 42.9 Å². The van der Waals surface area contributed by atoms with Crippen LogP contribution in [0.3, 0.4) is 0 Å². The molecule has 0 radical (unpaired) electrons. The number of hydrogen-bond acceptors (Lipinski definition) is 5. The first-order valence-corrected chi connectivity index (χ1v) is 10.5. The molecule has 5 nitrogen and oxygen atoms in total. The maximum Gasteiger partial charge on any atom is 0.253 e. The molecule has 0 aromatic carbocycles. The number of rotatable bonds is 3. The number of piperidine rings is 1. The van der Waals surface area contributed by atoms with Gasteiger partial charge in [-0.05, 0) is 62.1 Å². The Hall–Kier alpha value is -2.57. The number of fused-ring (bicyclic) bond motifs is 2. The Morgan fingerprint density at radius 3 is 2.96 bits per heavy atom. The van der Waals surface area contributed by atoms with Crippen LogP contribution in [0.2, 0.25) is 0 Å². The molecule has 0 atom stereocenters. The molecule has 3 aromatic heterocycles. The van der Waals surface area contributed by atoms with Gasteiger partial charge in [-0.2, -0.15) is 0 Å². The van der Waals surface area contributed by atoms with Crippen LogP contribution in [0, 0.1) is 0 Å². The first-order chi connectivity index (χ1) is 13.7. The molecule has 1 aliphatic carbocycles. The van der Waals surface area contributed by atoms with E-state index in [0.29, 0.717) is 5.56 Å². The van der Waals surface area contributed by atoms with Crippen LogP contribution in [0.25, 0.3) is 15.7 Å². The first kappa shape index (κ1) is 17.5. The zero-order chi connectivity index (χ0) is 19.1. The van der Waals surface area contributed by atoms with Crippen molar-refractivity contribution in [2.24, 2.45) is 0 Å². The second-order valence-electron chi connectivity index (χ2n) is 7.62. The second-order valence-corrected chi connectivity index (χ2v) is 8.70. The Morgan fingerprint density at radius 1 is 1.29 bits per heavy atom. The van der Waals surface area contributed by atoms with Crippen LogP contribution < -0.4 is 5.32 Å². The summed E-state index contributed by atoms with van der Waals surface area (Å²) in [5.74, 6) is -0.0170. The minimum absolute atomic E-state index is 0. The van der Waals surface area contributed by atoms with E-state index in [2.05, 4.69) is 39.4 Å². The van der Waals surface area contributed by atoms with E-state index in [4.69, 9.17) is 0 Å². The molecule has 1 fully saturated rings. The lowest BCUT2D eigenvalue weighted by Crippen LogP contribution is -2.43. The largest absolute Gasteiger partial charge is 0.349 e. The number of thiophene rings is 1. The van der Waals surface area contributed by atoms with Crippen LogP contribution in [-0.4, -0.2) is 47.0 Å². The molecule has 0 bridgehead atoms. The second kappa shape index (κ2) is 7.11. The van der Waals surface area contributed by atoms with Gasteiger partial charge in [-0.15, -0.1) is 11.3 Å². The van der Waals surface area contributed by atoms with Crippen molar-refractivity contribution in [3.8, 4) is 0 Å². The number of amides is 1. The van der Waals surface area contributed by atoms with Crippen molar-refractivity contribution in [2.45, 2.75) is 25.3 Å². The molecule has 1 saturated heterocycles. The van der Waals surface area contributed by atoms with Gasteiger partial charge in [0.05, 0.1) is 16.0 Å². The van der Waals surface area contributed by atoms with Gasteiger partial charge in [-0.3, -0.25) is 14.8 Å². The standard InChI is InChI=1S/C22H22N4OS.H2/c1-26-8-5-16(6-9-26)25-22(27)15-10-18-17(2-3-19(18)24-12-15)20-11-14-4-7-23-13-21(14)28-20;/h2,4,7,10-13,16H,3,5-6,8-9H2,1H3,(H,25,27);1H. The highest BCUT2D eigenvalue weighted by atomic mass is 32.1. The number of hydrogen-bond donors (Lipinski definition) is 1. The third kappa shape index (κ3) is 3.23. The summed E-state index contributed by atoms with van der Waals surface area (Å²) in [6.45, 7) is 2.06. The third-order valence-electron chi connectivity index (χ3n) is 5.66. The summed E-state index contributed by atoms with van der Waals surface area (Å²) in [7, 11) is 2.13. The monoisotopic (exact) mass is 392 g/mol. The summed E-state index contributed by atoms with van der Waals surface area (Å²) >= 11 is 1.74. The maximum atomic E-state index is 12.8. The van der Waals surface area contributed by atoms with Gasteiger partial charge in [0.1, 0.15) is 0 Å². The molecule has 2 aliphatic rings. The Kier molecular flexibility index (Phi) is 4.45. The zero-order valence-corrected chi connectivity index (χ0v) is 16.6. The summed E-state index contributed by atoms with van der Waals surface area (Å²) in [5, 5.41) is 4.39. The quantitative estimate of drug-likeness (QED) is 0.738. The van der Waals surface area contributed by atoms with Gasteiger partial charge < -0.3 is 10.2 Å². The van der Waals surface area contributed by atoms with E-state index >= 15 is 0 Å². The number of carbonyl (C=O) groups is 1. The first-order valence-electron chi connectivity index (χ1n) is 9.70. The minimum atomic E-state index is -0.0170. The van der Waals surface area contributed by atoms with Crippen molar-refractivity contribution < 1.29 is 6.22 Å². The molecule has 1 N–H and O–H groups in total. The molecule has 0 unspecified atom stereocenters. The highest BCUT2D eigenvalue weighted by Crippen LogP contribution is 2.38. The minimum Gasteiger partial charge on any atom is -0.349 e. The fourth-order valence-electron chi connectivity index (χ4n) is 3.99. The van der Waals surface area contributed by atoms with Gasteiger partial charge >= 0.3 is 0 Å². The Morgan fingerprint density at radius 2 is 2.14 bits per heavy atom. The smallest absolute Gasteiger partial charge is 0.253 e. The van der Waals surface area contributed by atoms with Crippen molar-refractivity contribution in [1.29, 1.82) is 0 Å². The number of pyridine rings is 2. The molecule has 0 saturated carbocycles. The van der Waals surface area contributed by atoms with E-state index in [1.165, 1.54) is 20.5 Å². The summed E-state index contributed by atoms with van der Waals surface area (Å²) in [6, 6.07) is 6.50. The average Bonchev–Trinajstić information content (AvgIpc) is 3.32. The van der Waals surface area contributed by atoms with E-state index in [-0.39, 0.29) is 13.4 Å². The molecule has 6 heteroatoms. The highest BCUT2D eigenvalue weighted by Gasteiger charge is 2.23. The van der Waals surface area contributed by atoms with Crippen LogP contribution >= 0.6 is 11.3 Å². The lowest BCUT2D eigenvalue weighted by atomic mass is 10.0. The average molecular weight is 393 g/mol. The molecular weight excluding hydrogens is 368 g/mol. The number of aromatic nitrogens is 2. The van der Waals surface area contributed by atoms with Crippen LogP contribution in [0.4, 0.5) is 0 Å². The maximum absolute atomic E-state index is 12.8. The summed E-state index contributed by atoms with van der Waals surface area (Å²) in [6.07, 6.45) is 10.5. The Bertz CT molecular complexity index is 1050. The Balaban J connectivity index is 0.00000205. The van der Waals surface area contributed by atoms with Crippen molar-refractivity contribution >= 4 is 32.9 Å². The fourth-order valence-corrected chi connectivity index (χ4v) is 5.08. The molecule has 144 valence electrons. The highest BCUT2D eigenvalue weighted by molar-refractivity contribution is 7.20. The number of likely N-dealkylation sites (tertiary alicyclic amines) is 1. The van der Waals surface area contributed by atoms with Crippen molar-refractivity contribution in [2.75, 3.05) is 20.1 Å². The van der Waals surface area contributed by atoms with E-state index < -0.39 is 0 Å². The van der Waals surface area contributed by atoms with Gasteiger partial charge in [0, 0.05) is 42.9 Å². The number of nitrogens with one attached hydrogen (secondary N) is 1. The normalized spacial score (nSPS) is 17.5. The predicted octanol–water partition coefficient (Wildman–Crippen LogP) is 3.75. The topological polar surface area (TPSA) is 58.1 Å². The number of carbonyl (C=O) groups excluding carboxylic acids is 1. The summed E-state index contributed by atoms with van der Waals surface area (Å²) in [5.41, 5.74) is 3.95. The van der Waals surface area contributed by atoms with Crippen LogP contribution in [-0.2, 0) is 6.42 Å². The molecular formula is C22H24N4OS. The van der Waals surface area contributed by atoms with E-state index in [0.717, 1.165) is 43.6 Å². The van der Waals surface area contributed by atoms with E-state index in [1.807, 2.05) is 24.5 Å². The zero-order valence-electron chi connectivity index (χ0n) is 15.8. The van der Waals surface area contributed by atoms with Gasteiger partial charge in [0.2, 0.25) is 0 Å². The Labute approximate surface area is 169 Å². The molecule has 1 amide bonds. The van der Waals surface area contributed by atoms with Crippen LogP contribution in [0.1, 0.15) is 40.8 Å². The van der Waals surface area contributed by atoms with Gasteiger partial charge in [0.15, 0.2) is 0 Å². The van der Waals surface area contributed by atoms with Gasteiger partial charge in [0.25, 0.3) is 5.91 Å². The summed E-state index contributed by atoms with van der Waals surface area (Å²) < 4.78 is 1.18. The predicted molar refractivity (Wildman–Crippen MR) is 115 cm³/mol. The van der Waals surface area contributed by atoms with Crippen molar-refractivity contribution in [3.63, 3.8) is 0 Å². The number of nitrogens with zero attached hydrogens (tertiary/aromatic N) is 3. The third-order valence-corrected chi connectivity index (χ3v) is 6.78. The lowest BCUT2D eigenvalue weighted by Gasteiger charge is -2.29. The van der Waals surface area contributed by atoms with Crippen molar-refractivity contribution in [1.82, 2.24) is 20.2 Å². The molecule has 4 heterocycles. The molecule has 3 aromatic rings. The summed E-state index contributed by atoms with van der Waals surface area (Å²) in [4.78, 5) is 25.1. The molecule has 5 rings (SSSR count). The van der Waals surface area contributed by atoms with Crippen molar-refractivity contribution in [3.05, 3.63) is 64.6 Å². The SMILES string of the molecule is CN1CCC(NC(=O)c2cnc3c(c2)C(c2cc4ccncc4s2)=CC3)CC1.[HH]. The number of allylic oxidation sites excluding steroid dienone is 1. The lowest BCUT2D eigenvalue weighted by molar-refractivity contribution is 0.0916. The van der Waals surface area contributed by atoms with E-state index in [1.54, 1.807) is 17.5 Å². The van der Waals surface area contributed by atoms with Gasteiger partial charge in [-0.25, -0.2) is 0 Å². The molecule has 28 heavy (non-hydrogen) atoms. The van der Waals surface area contributed by atoms with Gasteiger partial charge in [-0.1, -0.05) is 6.08 Å². The van der Waals surface area contributed by atoms with Crippen LogP contribution in [0.5, 0.6) is 0 Å². The molecule has 0 spiro atoms.